The fourth-order valence-electron chi connectivity index (χ4n) is 2.64. The molecule has 0 N–H and O–H groups in total. The van der Waals surface area contributed by atoms with Crippen LogP contribution in [0.15, 0.2) is 29.1 Å². The Morgan fingerprint density at radius 2 is 1.91 bits per heavy atom. The molecule has 2 heterocycles. The topological polar surface area (TPSA) is 43.2 Å². The lowest BCUT2D eigenvalue weighted by Crippen LogP contribution is -2.45. The Hall–Kier alpha value is -1.81. The van der Waals surface area contributed by atoms with E-state index in [0.29, 0.717) is 17.7 Å². The first kappa shape index (κ1) is 15.1. The molecule has 0 saturated carbocycles. The monoisotopic (exact) mass is 316 g/mol. The van der Waals surface area contributed by atoms with Gasteiger partial charge in [-0.15, -0.1) is 11.3 Å². The van der Waals surface area contributed by atoms with Gasteiger partial charge in [0, 0.05) is 50.2 Å². The van der Waals surface area contributed by atoms with Gasteiger partial charge in [0.15, 0.2) is 0 Å². The van der Waals surface area contributed by atoms with E-state index in [1.165, 1.54) is 6.07 Å². The van der Waals surface area contributed by atoms with Crippen molar-refractivity contribution < 1.29 is 4.39 Å². The number of halogens is 1. The fourth-order valence-corrected chi connectivity index (χ4v) is 3.19. The van der Waals surface area contributed by atoms with Crippen molar-refractivity contribution in [1.29, 1.82) is 5.26 Å². The first-order valence-electron chi connectivity index (χ1n) is 7.25. The van der Waals surface area contributed by atoms with E-state index < -0.39 is 0 Å². The molecule has 0 spiro atoms. The number of aromatic nitrogens is 1. The minimum absolute atomic E-state index is 0.288. The number of hydrogen-bond donors (Lipinski definition) is 0. The van der Waals surface area contributed by atoms with Crippen molar-refractivity contribution in [3.05, 3.63) is 51.7 Å². The van der Waals surface area contributed by atoms with E-state index >= 15 is 0 Å². The summed E-state index contributed by atoms with van der Waals surface area (Å²) in [5.41, 5.74) is 4.01. The SMILES string of the molecule is N#Cc1ccc(CN2CCN(Cc3cscn3)CC2)c(F)c1. The number of rotatable bonds is 4. The van der Waals surface area contributed by atoms with Gasteiger partial charge in [0.1, 0.15) is 5.82 Å². The van der Waals surface area contributed by atoms with Crippen LogP contribution in [-0.2, 0) is 13.1 Å². The second-order valence-corrected chi connectivity index (χ2v) is 6.17. The summed E-state index contributed by atoms with van der Waals surface area (Å²) in [6.45, 7) is 5.27. The fraction of sp³-hybridized carbons (Fsp3) is 0.375. The molecule has 2 aromatic rings. The van der Waals surface area contributed by atoms with E-state index in [0.717, 1.165) is 38.4 Å². The summed E-state index contributed by atoms with van der Waals surface area (Å²) in [5, 5.41) is 10.9. The largest absolute Gasteiger partial charge is 0.296 e. The zero-order valence-electron chi connectivity index (χ0n) is 12.2. The van der Waals surface area contributed by atoms with Gasteiger partial charge in [-0.1, -0.05) is 6.07 Å². The molecule has 0 atom stereocenters. The minimum atomic E-state index is -0.288. The van der Waals surface area contributed by atoms with Gasteiger partial charge in [-0.3, -0.25) is 9.80 Å². The molecular formula is C16H17FN4S. The maximum Gasteiger partial charge on any atom is 0.129 e. The second kappa shape index (κ2) is 6.97. The van der Waals surface area contributed by atoms with Crippen LogP contribution in [0.2, 0.25) is 0 Å². The van der Waals surface area contributed by atoms with Crippen LogP contribution in [0.5, 0.6) is 0 Å². The third-order valence-corrected chi connectivity index (χ3v) is 4.55. The zero-order valence-corrected chi connectivity index (χ0v) is 13.0. The second-order valence-electron chi connectivity index (χ2n) is 5.45. The molecule has 0 bridgehead atoms. The third kappa shape index (κ3) is 3.69. The molecule has 1 aliphatic heterocycles. The first-order chi connectivity index (χ1) is 10.7. The summed E-state index contributed by atoms with van der Waals surface area (Å²) in [6.07, 6.45) is 0. The van der Waals surface area contributed by atoms with Crippen LogP contribution < -0.4 is 0 Å². The predicted molar refractivity (Wildman–Crippen MR) is 83.8 cm³/mol. The number of benzene rings is 1. The normalized spacial score (nSPS) is 16.5. The van der Waals surface area contributed by atoms with Gasteiger partial charge in [0.05, 0.1) is 22.8 Å². The zero-order chi connectivity index (χ0) is 15.4. The van der Waals surface area contributed by atoms with Crippen molar-refractivity contribution in [2.24, 2.45) is 0 Å². The van der Waals surface area contributed by atoms with Gasteiger partial charge in [-0.25, -0.2) is 9.37 Å². The van der Waals surface area contributed by atoms with Crippen LogP contribution >= 0.6 is 11.3 Å². The molecular weight excluding hydrogens is 299 g/mol. The van der Waals surface area contributed by atoms with E-state index in [-0.39, 0.29) is 5.82 Å². The summed E-state index contributed by atoms with van der Waals surface area (Å²) in [6, 6.07) is 6.67. The van der Waals surface area contributed by atoms with Crippen LogP contribution in [-0.4, -0.2) is 41.0 Å². The molecule has 0 unspecified atom stereocenters. The first-order valence-corrected chi connectivity index (χ1v) is 8.19. The van der Waals surface area contributed by atoms with E-state index in [4.69, 9.17) is 5.26 Å². The highest BCUT2D eigenvalue weighted by molar-refractivity contribution is 7.07. The Morgan fingerprint density at radius 3 is 2.50 bits per heavy atom. The maximum absolute atomic E-state index is 13.9. The number of thiazole rings is 1. The van der Waals surface area contributed by atoms with Crippen molar-refractivity contribution in [2.45, 2.75) is 13.1 Å². The van der Waals surface area contributed by atoms with Gasteiger partial charge in [0.2, 0.25) is 0 Å². The molecule has 3 rings (SSSR count). The van der Waals surface area contributed by atoms with Crippen molar-refractivity contribution in [2.75, 3.05) is 26.2 Å². The molecule has 4 nitrogen and oxygen atoms in total. The molecule has 1 aromatic carbocycles. The van der Waals surface area contributed by atoms with Crippen LogP contribution in [0.1, 0.15) is 16.8 Å². The lowest BCUT2D eigenvalue weighted by atomic mass is 10.1. The summed E-state index contributed by atoms with van der Waals surface area (Å²) < 4.78 is 13.9. The Balaban J connectivity index is 1.52. The summed E-state index contributed by atoms with van der Waals surface area (Å²) in [7, 11) is 0. The molecule has 1 fully saturated rings. The average Bonchev–Trinajstić information content (AvgIpc) is 3.04. The Bertz CT molecular complexity index is 657. The van der Waals surface area contributed by atoms with Crippen LogP contribution in [0.4, 0.5) is 4.39 Å². The predicted octanol–water partition coefficient (Wildman–Crippen LogP) is 2.47. The average molecular weight is 316 g/mol. The van der Waals surface area contributed by atoms with Gasteiger partial charge >= 0.3 is 0 Å². The Labute approximate surface area is 133 Å². The highest BCUT2D eigenvalue weighted by atomic mass is 32.1. The molecule has 0 radical (unpaired) electrons. The van der Waals surface area contributed by atoms with E-state index in [1.54, 1.807) is 23.5 Å². The Morgan fingerprint density at radius 1 is 1.18 bits per heavy atom. The summed E-state index contributed by atoms with van der Waals surface area (Å²) in [5.74, 6) is -0.288. The summed E-state index contributed by atoms with van der Waals surface area (Å²) in [4.78, 5) is 8.94. The third-order valence-electron chi connectivity index (χ3n) is 3.91. The van der Waals surface area contributed by atoms with Crippen molar-refractivity contribution in [3.8, 4) is 6.07 Å². The standard InChI is InChI=1S/C16H17FN4S/c17-16-7-13(8-18)1-2-14(16)9-20-3-5-21(6-4-20)10-15-11-22-12-19-15/h1-2,7,11-12H,3-6,9-10H2. The van der Waals surface area contributed by atoms with Gasteiger partial charge in [-0.05, 0) is 12.1 Å². The maximum atomic E-state index is 13.9. The number of nitrogens with zero attached hydrogens (tertiary/aromatic N) is 4. The molecule has 22 heavy (non-hydrogen) atoms. The van der Waals surface area contributed by atoms with E-state index in [2.05, 4.69) is 20.2 Å². The molecule has 1 aromatic heterocycles. The van der Waals surface area contributed by atoms with E-state index in [9.17, 15) is 4.39 Å². The molecule has 0 aliphatic carbocycles. The minimum Gasteiger partial charge on any atom is -0.296 e. The smallest absolute Gasteiger partial charge is 0.129 e. The van der Waals surface area contributed by atoms with E-state index in [1.807, 2.05) is 11.6 Å². The van der Waals surface area contributed by atoms with Crippen molar-refractivity contribution >= 4 is 11.3 Å². The quantitative estimate of drug-likeness (QED) is 0.869. The van der Waals surface area contributed by atoms with Crippen LogP contribution in [0.25, 0.3) is 0 Å². The van der Waals surface area contributed by atoms with Gasteiger partial charge in [-0.2, -0.15) is 5.26 Å². The lowest BCUT2D eigenvalue weighted by Gasteiger charge is -2.34. The molecule has 6 heteroatoms. The number of piperazine rings is 1. The van der Waals surface area contributed by atoms with Crippen molar-refractivity contribution in [1.82, 2.24) is 14.8 Å². The molecule has 1 aliphatic rings. The lowest BCUT2D eigenvalue weighted by molar-refractivity contribution is 0.120. The van der Waals surface area contributed by atoms with Gasteiger partial charge in [0.25, 0.3) is 0 Å². The van der Waals surface area contributed by atoms with Crippen LogP contribution in [0.3, 0.4) is 0 Å². The number of hydrogen-bond acceptors (Lipinski definition) is 5. The molecule has 0 amide bonds. The van der Waals surface area contributed by atoms with Crippen molar-refractivity contribution in [3.63, 3.8) is 0 Å². The summed E-state index contributed by atoms with van der Waals surface area (Å²) >= 11 is 1.62. The Kier molecular flexibility index (Phi) is 4.78. The highest BCUT2D eigenvalue weighted by Gasteiger charge is 2.18. The number of nitriles is 1. The van der Waals surface area contributed by atoms with Crippen LogP contribution in [0, 0.1) is 17.1 Å². The van der Waals surface area contributed by atoms with Gasteiger partial charge < -0.3 is 0 Å². The molecule has 1 saturated heterocycles. The molecule has 114 valence electrons. The highest BCUT2D eigenvalue weighted by Crippen LogP contribution is 2.15.